The molecule has 0 N–H and O–H groups in total. The zero-order chi connectivity index (χ0) is 12.3. The molecule has 2 aliphatic rings. The van der Waals surface area contributed by atoms with Gasteiger partial charge in [-0.1, -0.05) is 24.3 Å². The van der Waals surface area contributed by atoms with Gasteiger partial charge in [0.1, 0.15) is 0 Å². The summed E-state index contributed by atoms with van der Waals surface area (Å²) in [5.41, 5.74) is 1.31. The Kier molecular flexibility index (Phi) is 2.10. The van der Waals surface area contributed by atoms with Crippen LogP contribution in [0.25, 0.3) is 0 Å². The zero-order valence-electron chi connectivity index (χ0n) is 8.89. The molecule has 1 spiro atoms. The Morgan fingerprint density at radius 1 is 1.29 bits per heavy atom. The summed E-state index contributed by atoms with van der Waals surface area (Å²) in [6, 6.07) is 7.61. The maximum absolute atomic E-state index is 11.5. The molecule has 1 fully saturated rings. The van der Waals surface area contributed by atoms with Gasteiger partial charge in [0.2, 0.25) is 5.91 Å². The van der Waals surface area contributed by atoms with Gasteiger partial charge in [-0.05, 0) is 24.0 Å². The minimum atomic E-state index is -3.99. The van der Waals surface area contributed by atoms with Crippen LogP contribution in [0.3, 0.4) is 0 Å². The highest BCUT2D eigenvalue weighted by molar-refractivity contribution is 8.12. The average Bonchev–Trinajstić information content (AvgIpc) is 2.57. The number of aryl methyl sites for hydroxylation is 1. The van der Waals surface area contributed by atoms with Gasteiger partial charge in [-0.2, -0.15) is 8.42 Å². The summed E-state index contributed by atoms with van der Waals surface area (Å²) in [7, 11) is 1.35. The van der Waals surface area contributed by atoms with Crippen LogP contribution in [0.5, 0.6) is 0 Å². The maximum Gasteiger partial charge on any atom is 0.324 e. The van der Waals surface area contributed by atoms with E-state index in [1.807, 2.05) is 24.3 Å². The van der Waals surface area contributed by atoms with E-state index in [1.54, 1.807) is 0 Å². The van der Waals surface area contributed by atoms with E-state index in [2.05, 4.69) is 0 Å². The van der Waals surface area contributed by atoms with E-state index in [-0.39, 0.29) is 6.42 Å². The van der Waals surface area contributed by atoms with Crippen LogP contribution in [0.4, 0.5) is 0 Å². The first-order valence-electron chi connectivity index (χ1n) is 5.31. The Labute approximate surface area is 104 Å². The van der Waals surface area contributed by atoms with E-state index in [9.17, 15) is 13.2 Å². The van der Waals surface area contributed by atoms with Crippen molar-refractivity contribution in [2.75, 3.05) is 0 Å². The van der Waals surface area contributed by atoms with Crippen molar-refractivity contribution in [3.63, 3.8) is 0 Å². The SMILES string of the molecule is O=C1CC2(CCc3ccccc32)N1S(=O)(=O)Cl. The third kappa shape index (κ3) is 1.35. The molecule has 0 aromatic heterocycles. The van der Waals surface area contributed by atoms with Gasteiger partial charge in [-0.25, -0.2) is 4.31 Å². The van der Waals surface area contributed by atoms with Crippen LogP contribution in [0.2, 0.25) is 0 Å². The quantitative estimate of drug-likeness (QED) is 0.575. The minimum Gasteiger partial charge on any atom is -0.274 e. The molecule has 17 heavy (non-hydrogen) atoms. The molecule has 1 amide bonds. The van der Waals surface area contributed by atoms with E-state index >= 15 is 0 Å². The Hall–Kier alpha value is -1.07. The molecule has 0 radical (unpaired) electrons. The van der Waals surface area contributed by atoms with Crippen molar-refractivity contribution in [2.24, 2.45) is 0 Å². The topological polar surface area (TPSA) is 54.5 Å². The van der Waals surface area contributed by atoms with Gasteiger partial charge >= 0.3 is 9.24 Å². The van der Waals surface area contributed by atoms with E-state index in [1.165, 1.54) is 0 Å². The van der Waals surface area contributed by atoms with E-state index in [4.69, 9.17) is 10.7 Å². The number of rotatable bonds is 1. The molecule has 1 aromatic rings. The predicted octanol–water partition coefficient (Wildman–Crippen LogP) is 1.54. The summed E-state index contributed by atoms with van der Waals surface area (Å²) in [5, 5.41) is 0. The number of β-lactam (4-membered cyclic amide) rings is 1. The standard InChI is InChI=1S/C11H10ClNO3S/c12-17(15,16)13-10(14)7-11(13)6-5-8-3-1-2-4-9(8)11/h1-4H,5-7H2. The zero-order valence-corrected chi connectivity index (χ0v) is 10.5. The van der Waals surface area contributed by atoms with Crippen molar-refractivity contribution < 1.29 is 13.2 Å². The minimum absolute atomic E-state index is 0.232. The Balaban J connectivity index is 2.15. The average molecular weight is 272 g/mol. The van der Waals surface area contributed by atoms with Gasteiger partial charge in [0, 0.05) is 10.7 Å². The smallest absolute Gasteiger partial charge is 0.274 e. The summed E-state index contributed by atoms with van der Waals surface area (Å²) in [6.45, 7) is 0. The van der Waals surface area contributed by atoms with Crippen molar-refractivity contribution in [3.05, 3.63) is 35.4 Å². The Bertz CT molecular complexity index is 613. The second-order valence-corrected chi connectivity index (χ2v) is 6.83. The summed E-state index contributed by atoms with van der Waals surface area (Å²) in [6.07, 6.45) is 1.65. The number of hydrogen-bond acceptors (Lipinski definition) is 3. The number of fused-ring (bicyclic) bond motifs is 2. The molecule has 1 unspecified atom stereocenters. The van der Waals surface area contributed by atoms with Gasteiger partial charge in [0.25, 0.3) is 0 Å². The molecule has 6 heteroatoms. The molecular formula is C11H10ClNO3S. The van der Waals surface area contributed by atoms with Gasteiger partial charge < -0.3 is 0 Å². The van der Waals surface area contributed by atoms with Crippen LogP contribution in [-0.4, -0.2) is 18.6 Å². The first-order valence-corrected chi connectivity index (χ1v) is 7.58. The molecular weight excluding hydrogens is 262 g/mol. The van der Waals surface area contributed by atoms with Crippen molar-refractivity contribution >= 4 is 25.8 Å². The van der Waals surface area contributed by atoms with Gasteiger partial charge in [0.15, 0.2) is 0 Å². The van der Waals surface area contributed by atoms with E-state index in [0.29, 0.717) is 6.42 Å². The third-order valence-electron chi connectivity index (χ3n) is 3.60. The van der Waals surface area contributed by atoms with Crippen LogP contribution in [0, 0.1) is 0 Å². The van der Waals surface area contributed by atoms with E-state index in [0.717, 1.165) is 21.9 Å². The fourth-order valence-corrected chi connectivity index (χ4v) is 4.54. The second-order valence-electron chi connectivity index (χ2n) is 4.47. The fraction of sp³-hybridized carbons (Fsp3) is 0.364. The van der Waals surface area contributed by atoms with Gasteiger partial charge in [0.05, 0.1) is 12.0 Å². The monoisotopic (exact) mass is 271 g/mol. The van der Waals surface area contributed by atoms with Crippen LogP contribution in [0.1, 0.15) is 24.0 Å². The molecule has 0 saturated carbocycles. The molecule has 1 atom stereocenters. The molecule has 1 heterocycles. The summed E-state index contributed by atoms with van der Waals surface area (Å²) < 4.78 is 23.8. The van der Waals surface area contributed by atoms with E-state index < -0.39 is 20.7 Å². The number of hydrogen-bond donors (Lipinski definition) is 0. The van der Waals surface area contributed by atoms with Gasteiger partial charge in [-0.3, -0.25) is 4.79 Å². The normalized spacial score (nSPS) is 27.1. The highest BCUT2D eigenvalue weighted by Crippen LogP contribution is 2.52. The number of benzene rings is 1. The highest BCUT2D eigenvalue weighted by atomic mass is 35.7. The fourth-order valence-electron chi connectivity index (χ4n) is 2.93. The highest BCUT2D eigenvalue weighted by Gasteiger charge is 2.59. The second kappa shape index (κ2) is 3.23. The molecule has 0 bridgehead atoms. The van der Waals surface area contributed by atoms with Crippen LogP contribution < -0.4 is 0 Å². The maximum atomic E-state index is 11.5. The van der Waals surface area contributed by atoms with Crippen LogP contribution in [-0.2, 0) is 26.0 Å². The summed E-state index contributed by atoms with van der Waals surface area (Å²) in [4.78, 5) is 11.5. The molecule has 1 saturated heterocycles. The van der Waals surface area contributed by atoms with Crippen molar-refractivity contribution in [2.45, 2.75) is 24.8 Å². The predicted molar refractivity (Wildman–Crippen MR) is 62.7 cm³/mol. The summed E-state index contributed by atoms with van der Waals surface area (Å²) in [5.74, 6) is -0.420. The lowest BCUT2D eigenvalue weighted by molar-refractivity contribution is -0.145. The van der Waals surface area contributed by atoms with Crippen molar-refractivity contribution in [3.8, 4) is 0 Å². The lowest BCUT2D eigenvalue weighted by Crippen LogP contribution is -2.61. The lowest BCUT2D eigenvalue weighted by Gasteiger charge is -2.47. The van der Waals surface area contributed by atoms with Crippen LogP contribution >= 0.6 is 10.7 Å². The number of nitrogens with zero attached hydrogens (tertiary/aromatic N) is 1. The first-order chi connectivity index (χ1) is 7.95. The molecule has 4 nitrogen and oxygen atoms in total. The Morgan fingerprint density at radius 2 is 2.00 bits per heavy atom. The largest absolute Gasteiger partial charge is 0.324 e. The molecule has 90 valence electrons. The van der Waals surface area contributed by atoms with Crippen LogP contribution in [0.15, 0.2) is 24.3 Å². The van der Waals surface area contributed by atoms with Gasteiger partial charge in [-0.15, -0.1) is 0 Å². The lowest BCUT2D eigenvalue weighted by atomic mass is 9.81. The molecule has 3 rings (SSSR count). The molecule has 1 aliphatic carbocycles. The number of carbonyl (C=O) groups excluding carboxylic acids is 1. The Morgan fingerprint density at radius 3 is 2.65 bits per heavy atom. The molecule has 1 aliphatic heterocycles. The molecule has 1 aromatic carbocycles. The number of carbonyl (C=O) groups is 1. The number of halogens is 1. The third-order valence-corrected chi connectivity index (χ3v) is 5.01. The number of amides is 1. The summed E-state index contributed by atoms with van der Waals surface area (Å²) >= 11 is 0. The van der Waals surface area contributed by atoms with Crippen molar-refractivity contribution in [1.29, 1.82) is 0 Å². The van der Waals surface area contributed by atoms with Crippen molar-refractivity contribution in [1.82, 2.24) is 4.31 Å². The first kappa shape index (κ1) is 11.0.